The van der Waals surface area contributed by atoms with Crippen molar-refractivity contribution in [3.05, 3.63) is 53.1 Å². The molecule has 4 nitrogen and oxygen atoms in total. The summed E-state index contributed by atoms with van der Waals surface area (Å²) in [5.41, 5.74) is 1.22. The van der Waals surface area contributed by atoms with Gasteiger partial charge in [0, 0.05) is 11.9 Å². The highest BCUT2D eigenvalue weighted by atomic mass is 35.5. The second-order valence-electron chi connectivity index (χ2n) is 4.19. The number of hydrogen-bond donors (Lipinski definition) is 2. The molecule has 0 bridgehead atoms. The number of para-hydroxylation sites is 2. The van der Waals surface area contributed by atoms with Gasteiger partial charge in [0.05, 0.1) is 12.3 Å². The van der Waals surface area contributed by atoms with Crippen LogP contribution in [0.5, 0.6) is 11.5 Å². The molecule has 0 aromatic heterocycles. The highest BCUT2D eigenvalue weighted by Gasteiger charge is 2.07. The maximum absolute atomic E-state index is 11.1. The van der Waals surface area contributed by atoms with Crippen LogP contribution in [-0.4, -0.2) is 11.0 Å². The minimum absolute atomic E-state index is 0.123. The lowest BCUT2D eigenvalue weighted by Crippen LogP contribution is -2.06. The summed E-state index contributed by atoms with van der Waals surface area (Å²) in [6, 6.07) is 12.1. The van der Waals surface area contributed by atoms with Gasteiger partial charge in [-0.05, 0) is 29.8 Å². The van der Waals surface area contributed by atoms with E-state index in [2.05, 4.69) is 5.32 Å². The van der Waals surface area contributed by atoms with Gasteiger partial charge < -0.3 is 15.2 Å². The fraction of sp³-hybridized carbons (Fsp3) is 0.133. The van der Waals surface area contributed by atoms with E-state index in [1.165, 1.54) is 6.92 Å². The fourth-order valence-electron chi connectivity index (χ4n) is 1.70. The summed E-state index contributed by atoms with van der Waals surface area (Å²) in [5, 5.41) is 12.2. The Morgan fingerprint density at radius 3 is 2.70 bits per heavy atom. The van der Waals surface area contributed by atoms with E-state index < -0.39 is 0 Å². The number of aliphatic hydroxyl groups is 1. The van der Waals surface area contributed by atoms with E-state index in [0.717, 1.165) is 0 Å². The van der Waals surface area contributed by atoms with Crippen molar-refractivity contribution >= 4 is 23.2 Å². The number of rotatable bonds is 4. The average Bonchev–Trinajstić information content (AvgIpc) is 2.41. The maximum atomic E-state index is 11.1. The second-order valence-corrected chi connectivity index (χ2v) is 4.60. The van der Waals surface area contributed by atoms with E-state index in [0.29, 0.717) is 27.8 Å². The molecule has 0 atom stereocenters. The molecule has 0 saturated carbocycles. The third-order valence-corrected chi connectivity index (χ3v) is 2.97. The molecular formula is C15H14ClNO3. The summed E-state index contributed by atoms with van der Waals surface area (Å²) in [6.07, 6.45) is 0. The second kappa shape index (κ2) is 6.41. The van der Waals surface area contributed by atoms with Crippen LogP contribution >= 0.6 is 11.6 Å². The molecular weight excluding hydrogens is 278 g/mol. The van der Waals surface area contributed by atoms with Crippen molar-refractivity contribution in [2.24, 2.45) is 0 Å². The van der Waals surface area contributed by atoms with E-state index in [9.17, 15) is 4.79 Å². The van der Waals surface area contributed by atoms with Gasteiger partial charge in [-0.25, -0.2) is 0 Å². The summed E-state index contributed by atoms with van der Waals surface area (Å²) in [7, 11) is 0. The predicted molar refractivity (Wildman–Crippen MR) is 78.2 cm³/mol. The summed E-state index contributed by atoms with van der Waals surface area (Å²) in [6.45, 7) is 1.31. The van der Waals surface area contributed by atoms with Crippen LogP contribution < -0.4 is 10.1 Å². The molecule has 0 spiro atoms. The van der Waals surface area contributed by atoms with Gasteiger partial charge in [0.25, 0.3) is 0 Å². The zero-order chi connectivity index (χ0) is 14.5. The molecule has 0 unspecified atom stereocenters. The Bertz CT molecular complexity index is 628. The predicted octanol–water partition coefficient (Wildman–Crippen LogP) is 3.58. The smallest absolute Gasteiger partial charge is 0.221 e. The summed E-state index contributed by atoms with van der Waals surface area (Å²) >= 11 is 6.01. The number of carbonyl (C=O) groups excluding carboxylic acids is 1. The van der Waals surface area contributed by atoms with Crippen LogP contribution in [0, 0.1) is 0 Å². The Kier molecular flexibility index (Phi) is 4.61. The van der Waals surface area contributed by atoms with E-state index in [1.807, 2.05) is 6.07 Å². The molecule has 0 fully saturated rings. The molecule has 5 heteroatoms. The molecule has 2 rings (SSSR count). The van der Waals surface area contributed by atoms with Crippen molar-refractivity contribution in [3.63, 3.8) is 0 Å². The normalized spacial score (nSPS) is 10.2. The van der Waals surface area contributed by atoms with Gasteiger partial charge in [-0.3, -0.25) is 4.79 Å². The first-order valence-corrected chi connectivity index (χ1v) is 6.41. The number of benzene rings is 2. The Morgan fingerprint density at radius 2 is 2.05 bits per heavy atom. The zero-order valence-electron chi connectivity index (χ0n) is 10.9. The van der Waals surface area contributed by atoms with Gasteiger partial charge in [0.15, 0.2) is 5.75 Å². The van der Waals surface area contributed by atoms with Gasteiger partial charge in [-0.1, -0.05) is 29.8 Å². The first kappa shape index (κ1) is 14.4. The van der Waals surface area contributed by atoms with Crippen molar-refractivity contribution < 1.29 is 14.6 Å². The van der Waals surface area contributed by atoms with Gasteiger partial charge in [0.1, 0.15) is 5.75 Å². The van der Waals surface area contributed by atoms with E-state index >= 15 is 0 Å². The number of anilines is 1. The highest BCUT2D eigenvalue weighted by molar-refractivity contribution is 6.31. The molecule has 0 aliphatic carbocycles. The summed E-state index contributed by atoms with van der Waals surface area (Å²) in [4.78, 5) is 11.1. The van der Waals surface area contributed by atoms with Gasteiger partial charge in [-0.2, -0.15) is 0 Å². The molecule has 2 aromatic carbocycles. The summed E-state index contributed by atoms with van der Waals surface area (Å²) in [5.74, 6) is 0.884. The van der Waals surface area contributed by atoms with Crippen molar-refractivity contribution in [2.75, 3.05) is 5.32 Å². The number of amides is 1. The Labute approximate surface area is 122 Å². The molecule has 0 heterocycles. The van der Waals surface area contributed by atoms with Crippen molar-refractivity contribution in [3.8, 4) is 11.5 Å². The number of carbonyl (C=O) groups is 1. The van der Waals surface area contributed by atoms with Crippen LogP contribution in [0.1, 0.15) is 12.5 Å². The monoisotopic (exact) mass is 291 g/mol. The van der Waals surface area contributed by atoms with Crippen LogP contribution in [0.2, 0.25) is 5.02 Å². The van der Waals surface area contributed by atoms with Crippen LogP contribution in [0.4, 0.5) is 5.69 Å². The fourth-order valence-corrected chi connectivity index (χ4v) is 1.93. The van der Waals surface area contributed by atoms with Crippen molar-refractivity contribution in [2.45, 2.75) is 13.5 Å². The van der Waals surface area contributed by atoms with Crippen LogP contribution in [-0.2, 0) is 11.4 Å². The largest absolute Gasteiger partial charge is 0.455 e. The third-order valence-electron chi connectivity index (χ3n) is 2.62. The minimum atomic E-state index is -0.172. The first-order valence-electron chi connectivity index (χ1n) is 6.04. The lowest BCUT2D eigenvalue weighted by Gasteiger charge is -2.12. The van der Waals surface area contributed by atoms with Gasteiger partial charge >= 0.3 is 0 Å². The van der Waals surface area contributed by atoms with Gasteiger partial charge in [0.2, 0.25) is 5.91 Å². The molecule has 104 valence electrons. The maximum Gasteiger partial charge on any atom is 0.221 e. The molecule has 0 aliphatic rings. The molecule has 20 heavy (non-hydrogen) atoms. The standard InChI is InChI=1S/C15H14ClNO3/c1-10(19)17-14-4-2-3-5-15(14)20-12-7-6-11(9-18)13(16)8-12/h2-8,18H,9H2,1H3,(H,17,19). The third kappa shape index (κ3) is 3.50. The van der Waals surface area contributed by atoms with Crippen LogP contribution in [0.3, 0.4) is 0 Å². The molecule has 1 amide bonds. The molecule has 0 radical (unpaired) electrons. The lowest BCUT2D eigenvalue weighted by atomic mass is 10.2. The summed E-state index contributed by atoms with van der Waals surface area (Å²) < 4.78 is 5.71. The SMILES string of the molecule is CC(=O)Nc1ccccc1Oc1ccc(CO)c(Cl)c1. The van der Waals surface area contributed by atoms with Crippen LogP contribution in [0.25, 0.3) is 0 Å². The van der Waals surface area contributed by atoms with E-state index in [-0.39, 0.29) is 12.5 Å². The topological polar surface area (TPSA) is 58.6 Å². The molecule has 2 N–H and O–H groups in total. The number of aliphatic hydroxyl groups excluding tert-OH is 1. The van der Waals surface area contributed by atoms with E-state index in [1.54, 1.807) is 36.4 Å². The minimum Gasteiger partial charge on any atom is -0.455 e. The van der Waals surface area contributed by atoms with Crippen molar-refractivity contribution in [1.29, 1.82) is 0 Å². The quantitative estimate of drug-likeness (QED) is 0.905. The lowest BCUT2D eigenvalue weighted by molar-refractivity contribution is -0.114. The van der Waals surface area contributed by atoms with Gasteiger partial charge in [-0.15, -0.1) is 0 Å². The molecule has 0 saturated heterocycles. The average molecular weight is 292 g/mol. The Balaban J connectivity index is 2.25. The number of halogens is 1. The number of ether oxygens (including phenoxy) is 1. The Hall–Kier alpha value is -2.04. The van der Waals surface area contributed by atoms with E-state index in [4.69, 9.17) is 21.4 Å². The zero-order valence-corrected chi connectivity index (χ0v) is 11.6. The molecule has 2 aromatic rings. The Morgan fingerprint density at radius 1 is 1.30 bits per heavy atom. The molecule has 0 aliphatic heterocycles. The number of hydrogen-bond acceptors (Lipinski definition) is 3. The van der Waals surface area contributed by atoms with Crippen LogP contribution in [0.15, 0.2) is 42.5 Å². The highest BCUT2D eigenvalue weighted by Crippen LogP contribution is 2.31. The number of nitrogens with one attached hydrogen (secondary N) is 1. The first-order chi connectivity index (χ1) is 9.60. The van der Waals surface area contributed by atoms with Crippen molar-refractivity contribution in [1.82, 2.24) is 0 Å².